The third-order valence-electron chi connectivity index (χ3n) is 5.20. The highest BCUT2D eigenvalue weighted by atomic mass is 32.1. The van der Waals surface area contributed by atoms with Crippen LogP contribution in [0.4, 0.5) is 5.13 Å². The first-order valence-electron chi connectivity index (χ1n) is 8.66. The summed E-state index contributed by atoms with van der Waals surface area (Å²) in [5.41, 5.74) is 0. The van der Waals surface area contributed by atoms with Crippen LogP contribution < -0.4 is 10.2 Å². The molecule has 3 fully saturated rings. The van der Waals surface area contributed by atoms with Crippen molar-refractivity contribution in [3.63, 3.8) is 0 Å². The highest BCUT2D eigenvalue weighted by molar-refractivity contribution is 7.09. The molecule has 22 heavy (non-hydrogen) atoms. The average molecular weight is 320 g/mol. The van der Waals surface area contributed by atoms with E-state index in [2.05, 4.69) is 14.6 Å². The second-order valence-corrected chi connectivity index (χ2v) is 7.77. The van der Waals surface area contributed by atoms with Crippen molar-refractivity contribution in [2.24, 2.45) is 5.92 Å². The van der Waals surface area contributed by atoms with Crippen molar-refractivity contribution in [2.45, 2.75) is 63.3 Å². The number of carbonyl (C=O) groups excluding carboxylic acids is 1. The van der Waals surface area contributed by atoms with Crippen LogP contribution in [0.15, 0.2) is 0 Å². The quantitative estimate of drug-likeness (QED) is 0.906. The molecule has 1 N–H and O–H groups in total. The summed E-state index contributed by atoms with van der Waals surface area (Å²) in [6.07, 6.45) is 9.02. The van der Waals surface area contributed by atoms with Gasteiger partial charge in [0.2, 0.25) is 11.0 Å². The van der Waals surface area contributed by atoms with E-state index in [-0.39, 0.29) is 5.91 Å². The molecule has 0 atom stereocenters. The van der Waals surface area contributed by atoms with Crippen LogP contribution in [0.5, 0.6) is 0 Å². The van der Waals surface area contributed by atoms with Crippen LogP contribution in [0.3, 0.4) is 0 Å². The molecule has 0 bridgehead atoms. The SMILES string of the molecule is O=C(CC1CCN(c2nc(C3CC3)ns2)CC1)NC1CCC1. The number of hydrogen-bond donors (Lipinski definition) is 1. The molecule has 4 rings (SSSR count). The minimum Gasteiger partial charge on any atom is -0.353 e. The van der Waals surface area contributed by atoms with Gasteiger partial charge in [0.25, 0.3) is 0 Å². The first-order valence-corrected chi connectivity index (χ1v) is 9.43. The Kier molecular flexibility index (Phi) is 4.03. The van der Waals surface area contributed by atoms with E-state index in [1.807, 2.05) is 0 Å². The van der Waals surface area contributed by atoms with Gasteiger partial charge in [0.05, 0.1) is 0 Å². The van der Waals surface area contributed by atoms with Gasteiger partial charge in [-0.15, -0.1) is 0 Å². The van der Waals surface area contributed by atoms with Crippen molar-refractivity contribution < 1.29 is 4.79 Å². The molecule has 1 aromatic heterocycles. The fourth-order valence-electron chi connectivity index (χ4n) is 3.29. The predicted octanol–water partition coefficient (Wildman–Crippen LogP) is 2.69. The molecule has 2 aliphatic carbocycles. The Labute approximate surface area is 135 Å². The zero-order valence-electron chi connectivity index (χ0n) is 13.0. The van der Waals surface area contributed by atoms with Crippen molar-refractivity contribution in [3.8, 4) is 0 Å². The van der Waals surface area contributed by atoms with Gasteiger partial charge in [-0.1, -0.05) is 0 Å². The number of rotatable bonds is 5. The first-order chi connectivity index (χ1) is 10.8. The Morgan fingerprint density at radius 1 is 1.18 bits per heavy atom. The molecule has 1 aliphatic heterocycles. The highest BCUT2D eigenvalue weighted by Gasteiger charge is 2.30. The van der Waals surface area contributed by atoms with E-state index in [0.29, 0.717) is 24.3 Å². The van der Waals surface area contributed by atoms with Gasteiger partial charge in [-0.05, 0) is 50.9 Å². The van der Waals surface area contributed by atoms with Crippen molar-refractivity contribution in [1.29, 1.82) is 0 Å². The number of carbonyl (C=O) groups is 1. The number of nitrogens with one attached hydrogen (secondary N) is 1. The van der Waals surface area contributed by atoms with Crippen molar-refractivity contribution in [3.05, 3.63) is 5.82 Å². The molecule has 6 heteroatoms. The maximum absolute atomic E-state index is 12.0. The van der Waals surface area contributed by atoms with Gasteiger partial charge >= 0.3 is 0 Å². The number of aromatic nitrogens is 2. The topological polar surface area (TPSA) is 58.1 Å². The highest BCUT2D eigenvalue weighted by Crippen LogP contribution is 2.40. The molecule has 2 saturated carbocycles. The van der Waals surface area contributed by atoms with E-state index in [1.54, 1.807) is 11.5 Å². The fraction of sp³-hybridized carbons (Fsp3) is 0.812. The Hall–Kier alpha value is -1.17. The number of hydrogen-bond acceptors (Lipinski definition) is 5. The van der Waals surface area contributed by atoms with E-state index >= 15 is 0 Å². The molecule has 0 radical (unpaired) electrons. The number of piperidine rings is 1. The molecule has 120 valence electrons. The number of nitrogens with zero attached hydrogens (tertiary/aromatic N) is 3. The van der Waals surface area contributed by atoms with Crippen molar-refractivity contribution in [2.75, 3.05) is 18.0 Å². The van der Waals surface area contributed by atoms with Gasteiger partial charge in [0.15, 0.2) is 0 Å². The van der Waals surface area contributed by atoms with Crippen molar-refractivity contribution >= 4 is 22.6 Å². The Morgan fingerprint density at radius 3 is 2.59 bits per heavy atom. The van der Waals surface area contributed by atoms with E-state index in [9.17, 15) is 4.79 Å². The van der Waals surface area contributed by atoms with E-state index < -0.39 is 0 Å². The Balaban J connectivity index is 1.23. The van der Waals surface area contributed by atoms with Gasteiger partial charge < -0.3 is 10.2 Å². The monoisotopic (exact) mass is 320 g/mol. The van der Waals surface area contributed by atoms with Gasteiger partial charge in [0.1, 0.15) is 5.82 Å². The molecular formula is C16H24N4OS. The number of anilines is 1. The van der Waals surface area contributed by atoms with E-state index in [1.165, 1.54) is 32.1 Å². The summed E-state index contributed by atoms with van der Waals surface area (Å²) in [6.45, 7) is 2.03. The third-order valence-corrected chi connectivity index (χ3v) is 5.99. The largest absolute Gasteiger partial charge is 0.353 e. The lowest BCUT2D eigenvalue weighted by atomic mass is 9.91. The zero-order chi connectivity index (χ0) is 14.9. The minimum atomic E-state index is 0.259. The summed E-state index contributed by atoms with van der Waals surface area (Å²) < 4.78 is 4.49. The molecule has 1 saturated heterocycles. The molecule has 0 unspecified atom stereocenters. The molecule has 2 heterocycles. The van der Waals surface area contributed by atoms with E-state index in [4.69, 9.17) is 4.98 Å². The molecule has 0 spiro atoms. The molecular weight excluding hydrogens is 296 g/mol. The van der Waals surface area contributed by atoms with Crippen LogP contribution in [0.25, 0.3) is 0 Å². The standard InChI is InChI=1S/C16H24N4OS/c21-14(17-13-2-1-3-13)10-11-6-8-20(9-7-11)16-18-15(19-22-16)12-4-5-12/h11-13H,1-10H2,(H,17,21). The molecule has 1 amide bonds. The van der Waals surface area contributed by atoms with Gasteiger partial charge in [-0.2, -0.15) is 4.37 Å². The lowest BCUT2D eigenvalue weighted by Crippen LogP contribution is -2.41. The second-order valence-electron chi connectivity index (χ2n) is 7.04. The van der Waals surface area contributed by atoms with Gasteiger partial charge in [0, 0.05) is 43.0 Å². The summed E-state index contributed by atoms with van der Waals surface area (Å²) in [7, 11) is 0. The predicted molar refractivity (Wildman–Crippen MR) is 87.2 cm³/mol. The Morgan fingerprint density at radius 2 is 1.95 bits per heavy atom. The van der Waals surface area contributed by atoms with Crippen LogP contribution in [0, 0.1) is 5.92 Å². The van der Waals surface area contributed by atoms with Crippen LogP contribution in [-0.2, 0) is 4.79 Å². The van der Waals surface area contributed by atoms with Gasteiger partial charge in [-0.3, -0.25) is 4.79 Å². The third kappa shape index (κ3) is 3.26. The van der Waals surface area contributed by atoms with Crippen molar-refractivity contribution in [1.82, 2.24) is 14.7 Å². The Bertz CT molecular complexity index is 530. The summed E-state index contributed by atoms with van der Waals surface area (Å²) >= 11 is 1.54. The minimum absolute atomic E-state index is 0.259. The maximum Gasteiger partial charge on any atom is 0.220 e. The lowest BCUT2D eigenvalue weighted by molar-refractivity contribution is -0.123. The molecule has 0 aromatic carbocycles. The van der Waals surface area contributed by atoms with Crippen LogP contribution in [0.1, 0.15) is 63.1 Å². The van der Waals surface area contributed by atoms with Gasteiger partial charge in [-0.25, -0.2) is 4.98 Å². The molecule has 3 aliphatic rings. The fourth-order valence-corrected chi connectivity index (χ4v) is 4.09. The van der Waals surface area contributed by atoms with Crippen LogP contribution in [0.2, 0.25) is 0 Å². The zero-order valence-corrected chi connectivity index (χ0v) is 13.8. The lowest BCUT2D eigenvalue weighted by Gasteiger charge is -2.32. The summed E-state index contributed by atoms with van der Waals surface area (Å²) in [5.74, 6) is 2.49. The van der Waals surface area contributed by atoms with Crippen LogP contribution >= 0.6 is 11.5 Å². The van der Waals surface area contributed by atoms with Crippen LogP contribution in [-0.4, -0.2) is 34.4 Å². The molecule has 1 aromatic rings. The van der Waals surface area contributed by atoms with E-state index in [0.717, 1.165) is 36.9 Å². The summed E-state index contributed by atoms with van der Waals surface area (Å²) in [4.78, 5) is 19.1. The number of amides is 1. The second kappa shape index (κ2) is 6.14. The summed E-state index contributed by atoms with van der Waals surface area (Å²) in [5, 5.41) is 4.24. The first kappa shape index (κ1) is 14.4. The molecule has 5 nitrogen and oxygen atoms in total. The maximum atomic E-state index is 12.0. The average Bonchev–Trinajstić information content (AvgIpc) is 3.22. The smallest absolute Gasteiger partial charge is 0.220 e. The summed E-state index contributed by atoms with van der Waals surface area (Å²) in [6, 6.07) is 0.467. The normalized spacial score (nSPS) is 23.4.